The van der Waals surface area contributed by atoms with Crippen LogP contribution in [0.1, 0.15) is 21.5 Å². The molecule has 3 aromatic rings. The van der Waals surface area contributed by atoms with Crippen molar-refractivity contribution in [2.45, 2.75) is 11.4 Å². The molecule has 0 aromatic heterocycles. The Kier molecular flexibility index (Phi) is 5.76. The Balaban J connectivity index is 1.79. The smallest absolute Gasteiger partial charge is 0.252 e. The first-order valence-electron chi connectivity index (χ1n) is 8.69. The van der Waals surface area contributed by atoms with Crippen molar-refractivity contribution in [3.63, 3.8) is 0 Å². The second-order valence-electron chi connectivity index (χ2n) is 6.41. The Labute approximate surface area is 168 Å². The fourth-order valence-electron chi connectivity index (χ4n) is 2.84. The lowest BCUT2D eigenvalue weighted by Crippen LogP contribution is -2.23. The van der Waals surface area contributed by atoms with Crippen LogP contribution in [0, 0.1) is 5.41 Å². The van der Waals surface area contributed by atoms with Crippen LogP contribution in [0.25, 0.3) is 11.1 Å². The van der Waals surface area contributed by atoms with Gasteiger partial charge < -0.3 is 11.1 Å². The van der Waals surface area contributed by atoms with Gasteiger partial charge in [0.15, 0.2) is 0 Å². The zero-order chi connectivity index (χ0) is 21.0. The molecule has 3 rings (SSSR count). The van der Waals surface area contributed by atoms with Crippen molar-refractivity contribution in [2.24, 2.45) is 10.9 Å². The summed E-state index contributed by atoms with van der Waals surface area (Å²) in [6, 6.07) is 20.2. The molecule has 0 aliphatic heterocycles. The molecule has 29 heavy (non-hydrogen) atoms. The van der Waals surface area contributed by atoms with E-state index in [4.69, 9.17) is 16.3 Å². The van der Waals surface area contributed by atoms with E-state index >= 15 is 0 Å². The van der Waals surface area contributed by atoms with Crippen LogP contribution in [-0.4, -0.2) is 20.2 Å². The van der Waals surface area contributed by atoms with Crippen molar-refractivity contribution < 1.29 is 13.2 Å². The molecule has 148 valence electrons. The highest BCUT2D eigenvalue weighted by molar-refractivity contribution is 7.89. The fourth-order valence-corrected chi connectivity index (χ4v) is 3.35. The Hall–Kier alpha value is -3.49. The monoisotopic (exact) mass is 408 g/mol. The highest BCUT2D eigenvalue weighted by Gasteiger charge is 2.14. The number of primary sulfonamides is 1. The molecule has 0 saturated carbocycles. The summed E-state index contributed by atoms with van der Waals surface area (Å²) in [5, 5.41) is 15.4. The molecule has 0 radical (unpaired) electrons. The summed E-state index contributed by atoms with van der Waals surface area (Å²) in [6.45, 7) is 0.315. The van der Waals surface area contributed by atoms with Gasteiger partial charge in [0, 0.05) is 17.7 Å². The van der Waals surface area contributed by atoms with Gasteiger partial charge in [-0.05, 0) is 34.9 Å². The first-order chi connectivity index (χ1) is 13.8. The number of rotatable bonds is 6. The van der Waals surface area contributed by atoms with E-state index in [0.717, 1.165) is 5.56 Å². The normalized spacial score (nSPS) is 11.1. The summed E-state index contributed by atoms with van der Waals surface area (Å²) in [7, 11) is -3.78. The van der Waals surface area contributed by atoms with Crippen LogP contribution in [-0.2, 0) is 16.6 Å². The summed E-state index contributed by atoms with van der Waals surface area (Å²) in [5.74, 6) is -0.269. The van der Waals surface area contributed by atoms with Gasteiger partial charge in [-0.1, -0.05) is 54.6 Å². The van der Waals surface area contributed by atoms with Gasteiger partial charge >= 0.3 is 0 Å². The van der Waals surface area contributed by atoms with Crippen molar-refractivity contribution in [3.05, 3.63) is 89.5 Å². The summed E-state index contributed by atoms with van der Waals surface area (Å²) in [6.07, 6.45) is 0. The average Bonchev–Trinajstić information content (AvgIpc) is 2.72. The van der Waals surface area contributed by atoms with Crippen molar-refractivity contribution >= 4 is 21.8 Å². The number of benzene rings is 3. The summed E-state index contributed by atoms with van der Waals surface area (Å²) < 4.78 is 22.9. The van der Waals surface area contributed by atoms with Crippen molar-refractivity contribution in [3.8, 4) is 11.1 Å². The molecule has 0 heterocycles. The largest absolute Gasteiger partial charge is 0.384 e. The average molecular weight is 408 g/mol. The number of hydrogen-bond donors (Lipinski definition) is 4. The third-order valence-electron chi connectivity index (χ3n) is 4.38. The van der Waals surface area contributed by atoms with Crippen LogP contribution in [0.5, 0.6) is 0 Å². The number of carbonyl (C=O) groups is 1. The molecule has 0 unspecified atom stereocenters. The summed E-state index contributed by atoms with van der Waals surface area (Å²) in [4.78, 5) is 12.7. The van der Waals surface area contributed by atoms with Crippen LogP contribution in [0.4, 0.5) is 0 Å². The maximum absolute atomic E-state index is 12.7. The number of nitrogen functional groups attached to an aromatic ring is 1. The predicted molar refractivity (Wildman–Crippen MR) is 112 cm³/mol. The second kappa shape index (κ2) is 8.26. The van der Waals surface area contributed by atoms with E-state index in [9.17, 15) is 13.2 Å². The Morgan fingerprint density at radius 2 is 1.55 bits per heavy atom. The van der Waals surface area contributed by atoms with Crippen LogP contribution in [0.15, 0.2) is 77.7 Å². The van der Waals surface area contributed by atoms with Gasteiger partial charge in [0.1, 0.15) is 5.84 Å². The SMILES string of the molecule is N=C(N)c1ccc(CNC(=O)c2ccccc2-c2ccc(S(N)(=O)=O)cc2)cc1. The molecule has 0 aliphatic carbocycles. The van der Waals surface area contributed by atoms with Gasteiger partial charge in [-0.2, -0.15) is 0 Å². The number of sulfonamides is 1. The standard InChI is InChI=1S/C21H20N4O3S/c22-20(23)16-7-5-14(6-8-16)13-25-21(26)19-4-2-1-3-18(19)15-9-11-17(12-10-15)29(24,27)28/h1-12H,13H2,(H3,22,23)(H,25,26)(H2,24,27,28). The topological polar surface area (TPSA) is 139 Å². The van der Waals surface area contributed by atoms with E-state index in [2.05, 4.69) is 5.32 Å². The Morgan fingerprint density at radius 3 is 2.14 bits per heavy atom. The maximum atomic E-state index is 12.7. The summed E-state index contributed by atoms with van der Waals surface area (Å²) >= 11 is 0. The first-order valence-corrected chi connectivity index (χ1v) is 10.2. The van der Waals surface area contributed by atoms with E-state index in [1.165, 1.54) is 12.1 Å². The van der Waals surface area contributed by atoms with Crippen molar-refractivity contribution in [1.29, 1.82) is 5.41 Å². The highest BCUT2D eigenvalue weighted by Crippen LogP contribution is 2.25. The van der Waals surface area contributed by atoms with Crippen LogP contribution >= 0.6 is 0 Å². The number of hydrogen-bond acceptors (Lipinski definition) is 4. The molecule has 0 spiro atoms. The molecule has 7 nitrogen and oxygen atoms in total. The Morgan fingerprint density at radius 1 is 0.931 bits per heavy atom. The lowest BCUT2D eigenvalue weighted by Gasteiger charge is -2.11. The van der Waals surface area contributed by atoms with Crippen LogP contribution in [0.3, 0.4) is 0 Å². The molecular formula is C21H20N4O3S. The molecular weight excluding hydrogens is 388 g/mol. The van der Waals surface area contributed by atoms with Crippen molar-refractivity contribution in [1.82, 2.24) is 5.32 Å². The predicted octanol–water partition coefficient (Wildman–Crippen LogP) is 2.22. The molecule has 0 aliphatic rings. The van der Waals surface area contributed by atoms with E-state index in [1.54, 1.807) is 60.7 Å². The summed E-state index contributed by atoms with van der Waals surface area (Å²) in [5.41, 5.74) is 8.78. The van der Waals surface area contributed by atoms with Crippen LogP contribution in [0.2, 0.25) is 0 Å². The lowest BCUT2D eigenvalue weighted by atomic mass is 9.99. The highest BCUT2D eigenvalue weighted by atomic mass is 32.2. The molecule has 8 heteroatoms. The molecule has 0 bridgehead atoms. The van der Waals surface area contributed by atoms with Gasteiger partial charge in [-0.25, -0.2) is 13.6 Å². The van der Waals surface area contributed by atoms with E-state index in [0.29, 0.717) is 28.8 Å². The van der Waals surface area contributed by atoms with Crippen LogP contribution < -0.4 is 16.2 Å². The zero-order valence-electron chi connectivity index (χ0n) is 15.4. The number of nitrogens with one attached hydrogen (secondary N) is 2. The van der Waals surface area contributed by atoms with E-state index in [-0.39, 0.29) is 16.6 Å². The molecule has 0 fully saturated rings. The molecule has 3 aromatic carbocycles. The molecule has 0 atom stereocenters. The molecule has 0 saturated heterocycles. The number of carbonyl (C=O) groups excluding carboxylic acids is 1. The first kappa shape index (κ1) is 20.2. The third-order valence-corrected chi connectivity index (χ3v) is 5.31. The van der Waals surface area contributed by atoms with Gasteiger partial charge in [-0.3, -0.25) is 10.2 Å². The van der Waals surface area contributed by atoms with Gasteiger partial charge in [-0.15, -0.1) is 0 Å². The zero-order valence-corrected chi connectivity index (χ0v) is 16.2. The van der Waals surface area contributed by atoms with Gasteiger partial charge in [0.05, 0.1) is 4.90 Å². The minimum Gasteiger partial charge on any atom is -0.384 e. The number of nitrogens with two attached hydrogens (primary N) is 2. The fraction of sp³-hybridized carbons (Fsp3) is 0.0476. The third kappa shape index (κ3) is 4.87. The Bertz CT molecular complexity index is 1160. The maximum Gasteiger partial charge on any atom is 0.252 e. The van der Waals surface area contributed by atoms with Gasteiger partial charge in [0.2, 0.25) is 10.0 Å². The van der Waals surface area contributed by atoms with E-state index in [1.807, 2.05) is 0 Å². The quantitative estimate of drug-likeness (QED) is 0.367. The lowest BCUT2D eigenvalue weighted by molar-refractivity contribution is 0.0951. The minimum absolute atomic E-state index is 0.0111. The second-order valence-corrected chi connectivity index (χ2v) is 7.97. The van der Waals surface area contributed by atoms with Gasteiger partial charge in [0.25, 0.3) is 5.91 Å². The molecule has 6 N–H and O–H groups in total. The van der Waals surface area contributed by atoms with E-state index < -0.39 is 10.0 Å². The molecule has 1 amide bonds. The minimum atomic E-state index is -3.78. The number of amidine groups is 1. The number of amides is 1. The van der Waals surface area contributed by atoms with Crippen molar-refractivity contribution in [2.75, 3.05) is 0 Å².